The first-order valence-corrected chi connectivity index (χ1v) is 7.09. The molecule has 0 aliphatic carbocycles. The van der Waals surface area contributed by atoms with E-state index < -0.39 is 0 Å². The third-order valence-corrected chi connectivity index (χ3v) is 3.79. The van der Waals surface area contributed by atoms with Crippen molar-refractivity contribution in [2.45, 2.75) is 25.3 Å². The van der Waals surface area contributed by atoms with E-state index in [1.165, 1.54) is 5.56 Å². The van der Waals surface area contributed by atoms with E-state index in [2.05, 4.69) is 17.1 Å². The van der Waals surface area contributed by atoms with Crippen molar-refractivity contribution in [3.8, 4) is 0 Å². The fraction of sp³-hybridized carbons (Fsp3) is 0.294. The molecule has 0 N–H and O–H groups in total. The van der Waals surface area contributed by atoms with E-state index in [4.69, 9.17) is 0 Å². The lowest BCUT2D eigenvalue weighted by molar-refractivity contribution is -0.129. The standard InChI is InChI=1S/C17H18N2O/c20-17-10-6-12-19(17)16(15-9-4-5-11-18-15)13-14-7-2-1-3-8-14/h1-5,7-9,11,16H,6,10,12-13H2. The van der Waals surface area contributed by atoms with Crippen molar-refractivity contribution >= 4 is 5.91 Å². The van der Waals surface area contributed by atoms with Crippen molar-refractivity contribution in [2.75, 3.05) is 6.54 Å². The number of hydrogen-bond donors (Lipinski definition) is 0. The molecule has 1 saturated heterocycles. The summed E-state index contributed by atoms with van der Waals surface area (Å²) in [6.45, 7) is 0.840. The molecule has 2 heterocycles. The first-order valence-electron chi connectivity index (χ1n) is 7.09. The predicted molar refractivity (Wildman–Crippen MR) is 78.1 cm³/mol. The molecule has 3 nitrogen and oxygen atoms in total. The highest BCUT2D eigenvalue weighted by Gasteiger charge is 2.29. The van der Waals surface area contributed by atoms with Gasteiger partial charge in [-0.1, -0.05) is 36.4 Å². The minimum Gasteiger partial charge on any atom is -0.334 e. The van der Waals surface area contributed by atoms with Crippen LogP contribution in [0.1, 0.15) is 30.1 Å². The van der Waals surface area contributed by atoms with Gasteiger partial charge in [0, 0.05) is 19.2 Å². The highest BCUT2D eigenvalue weighted by Crippen LogP contribution is 2.28. The van der Waals surface area contributed by atoms with Crippen LogP contribution < -0.4 is 0 Å². The molecule has 0 saturated carbocycles. The van der Waals surface area contributed by atoms with Gasteiger partial charge in [-0.3, -0.25) is 9.78 Å². The van der Waals surface area contributed by atoms with E-state index in [0.717, 1.165) is 25.1 Å². The number of carbonyl (C=O) groups excluding carboxylic acids is 1. The number of nitrogens with zero attached hydrogens (tertiary/aromatic N) is 2. The smallest absolute Gasteiger partial charge is 0.223 e. The van der Waals surface area contributed by atoms with Crippen LogP contribution in [0.5, 0.6) is 0 Å². The van der Waals surface area contributed by atoms with E-state index in [9.17, 15) is 4.79 Å². The maximum absolute atomic E-state index is 12.1. The topological polar surface area (TPSA) is 33.2 Å². The van der Waals surface area contributed by atoms with Crippen LogP contribution in [0.2, 0.25) is 0 Å². The van der Waals surface area contributed by atoms with Crippen LogP contribution in [0.3, 0.4) is 0 Å². The first-order chi connectivity index (χ1) is 9.84. The second-order valence-corrected chi connectivity index (χ2v) is 5.15. The number of likely N-dealkylation sites (tertiary alicyclic amines) is 1. The lowest BCUT2D eigenvalue weighted by atomic mass is 10.0. The largest absolute Gasteiger partial charge is 0.334 e. The van der Waals surface area contributed by atoms with Crippen molar-refractivity contribution in [2.24, 2.45) is 0 Å². The maximum Gasteiger partial charge on any atom is 0.223 e. The quantitative estimate of drug-likeness (QED) is 0.852. The third-order valence-electron chi connectivity index (χ3n) is 3.79. The Hall–Kier alpha value is -2.16. The van der Waals surface area contributed by atoms with Gasteiger partial charge in [0.05, 0.1) is 11.7 Å². The Morgan fingerprint density at radius 2 is 1.90 bits per heavy atom. The van der Waals surface area contributed by atoms with Gasteiger partial charge in [0.2, 0.25) is 5.91 Å². The molecular formula is C17H18N2O. The van der Waals surface area contributed by atoms with Gasteiger partial charge in [0.1, 0.15) is 0 Å². The molecule has 3 rings (SSSR count). The van der Waals surface area contributed by atoms with Crippen molar-refractivity contribution in [1.82, 2.24) is 9.88 Å². The average Bonchev–Trinajstić information content (AvgIpc) is 2.93. The molecule has 1 amide bonds. The Balaban J connectivity index is 1.89. The van der Waals surface area contributed by atoms with E-state index in [1.54, 1.807) is 6.20 Å². The van der Waals surface area contributed by atoms with Gasteiger partial charge in [-0.2, -0.15) is 0 Å². The van der Waals surface area contributed by atoms with Crippen LogP contribution >= 0.6 is 0 Å². The predicted octanol–water partition coefficient (Wildman–Crippen LogP) is 2.99. The van der Waals surface area contributed by atoms with Crippen LogP contribution in [0, 0.1) is 0 Å². The summed E-state index contributed by atoms with van der Waals surface area (Å²) in [6.07, 6.45) is 4.24. The molecule has 0 spiro atoms. The molecule has 102 valence electrons. The minimum atomic E-state index is 0.0496. The van der Waals surface area contributed by atoms with Gasteiger partial charge in [0.25, 0.3) is 0 Å². The molecule has 1 aromatic heterocycles. The van der Waals surface area contributed by atoms with Gasteiger partial charge >= 0.3 is 0 Å². The first kappa shape index (κ1) is 12.9. The molecule has 1 atom stereocenters. The summed E-state index contributed by atoms with van der Waals surface area (Å²) in [4.78, 5) is 18.5. The summed E-state index contributed by atoms with van der Waals surface area (Å²) in [6, 6.07) is 16.3. The summed E-state index contributed by atoms with van der Waals surface area (Å²) in [5.41, 5.74) is 2.22. The number of rotatable bonds is 4. The zero-order valence-electron chi connectivity index (χ0n) is 11.4. The Kier molecular flexibility index (Phi) is 3.77. The van der Waals surface area contributed by atoms with E-state index in [-0.39, 0.29) is 11.9 Å². The number of aromatic nitrogens is 1. The highest BCUT2D eigenvalue weighted by molar-refractivity contribution is 5.78. The third kappa shape index (κ3) is 2.72. The van der Waals surface area contributed by atoms with Crippen LogP contribution in [0.15, 0.2) is 54.7 Å². The maximum atomic E-state index is 12.1. The summed E-state index contributed by atoms with van der Waals surface area (Å²) >= 11 is 0. The lowest BCUT2D eigenvalue weighted by Gasteiger charge is -2.27. The van der Waals surface area contributed by atoms with Crippen LogP contribution in [0.4, 0.5) is 0 Å². The Morgan fingerprint density at radius 3 is 2.55 bits per heavy atom. The van der Waals surface area contributed by atoms with E-state index in [1.807, 2.05) is 41.3 Å². The van der Waals surface area contributed by atoms with Crippen LogP contribution in [0.25, 0.3) is 0 Å². The molecule has 1 unspecified atom stereocenters. The van der Waals surface area contributed by atoms with Crippen LogP contribution in [-0.2, 0) is 11.2 Å². The Bertz CT molecular complexity index is 568. The van der Waals surface area contributed by atoms with Crippen LogP contribution in [-0.4, -0.2) is 22.3 Å². The SMILES string of the molecule is O=C1CCCN1C(Cc1ccccc1)c1ccccn1. The van der Waals surface area contributed by atoms with Crippen molar-refractivity contribution in [3.05, 3.63) is 66.0 Å². The highest BCUT2D eigenvalue weighted by atomic mass is 16.2. The van der Waals surface area contributed by atoms with E-state index >= 15 is 0 Å². The minimum absolute atomic E-state index is 0.0496. The molecule has 1 aromatic carbocycles. The molecule has 0 bridgehead atoms. The molecular weight excluding hydrogens is 248 g/mol. The monoisotopic (exact) mass is 266 g/mol. The average molecular weight is 266 g/mol. The van der Waals surface area contributed by atoms with Gasteiger partial charge in [-0.05, 0) is 30.5 Å². The zero-order valence-corrected chi connectivity index (χ0v) is 11.4. The summed E-state index contributed by atoms with van der Waals surface area (Å²) in [7, 11) is 0. The van der Waals surface area contributed by atoms with Crippen molar-refractivity contribution < 1.29 is 4.79 Å². The number of amides is 1. The Labute approximate surface area is 119 Å². The molecule has 1 aliphatic rings. The summed E-state index contributed by atoms with van der Waals surface area (Å²) < 4.78 is 0. The zero-order chi connectivity index (χ0) is 13.8. The lowest BCUT2D eigenvalue weighted by Crippen LogP contribution is -2.31. The number of hydrogen-bond acceptors (Lipinski definition) is 2. The Morgan fingerprint density at radius 1 is 1.10 bits per heavy atom. The van der Waals surface area contributed by atoms with E-state index in [0.29, 0.717) is 6.42 Å². The number of benzene rings is 1. The molecule has 20 heavy (non-hydrogen) atoms. The van der Waals surface area contributed by atoms with Gasteiger partial charge < -0.3 is 4.90 Å². The van der Waals surface area contributed by atoms with Crippen molar-refractivity contribution in [1.29, 1.82) is 0 Å². The molecule has 3 heteroatoms. The number of pyridine rings is 1. The molecule has 0 radical (unpaired) electrons. The second kappa shape index (κ2) is 5.87. The molecule has 2 aromatic rings. The van der Waals surface area contributed by atoms with Crippen molar-refractivity contribution in [3.63, 3.8) is 0 Å². The fourth-order valence-electron chi connectivity index (χ4n) is 2.78. The normalized spacial score (nSPS) is 16.4. The molecule has 1 fully saturated rings. The van der Waals surface area contributed by atoms with Gasteiger partial charge in [-0.25, -0.2) is 0 Å². The van der Waals surface area contributed by atoms with Gasteiger partial charge in [0.15, 0.2) is 0 Å². The summed E-state index contributed by atoms with van der Waals surface area (Å²) in [5, 5.41) is 0. The molecule has 1 aliphatic heterocycles. The summed E-state index contributed by atoms with van der Waals surface area (Å²) in [5.74, 6) is 0.247. The van der Waals surface area contributed by atoms with Gasteiger partial charge in [-0.15, -0.1) is 0 Å². The fourth-order valence-corrected chi connectivity index (χ4v) is 2.78. The number of carbonyl (C=O) groups is 1. The second-order valence-electron chi connectivity index (χ2n) is 5.15.